The van der Waals surface area contributed by atoms with Gasteiger partial charge in [-0.2, -0.15) is 17.0 Å². The number of nitrogens with zero attached hydrogens (tertiary/aromatic N) is 1. The van der Waals surface area contributed by atoms with Gasteiger partial charge in [-0.3, -0.25) is 0 Å². The van der Waals surface area contributed by atoms with Crippen LogP contribution in [0.2, 0.25) is 25.2 Å². The van der Waals surface area contributed by atoms with Crippen molar-refractivity contribution in [1.29, 1.82) is 0 Å². The average Bonchev–Trinajstić information content (AvgIpc) is 2.89. The Bertz CT molecular complexity index is 597. The maximum atomic E-state index is 9.44. The number of aliphatic hydroxyl groups is 2. The minimum atomic E-state index is -2.48. The minimum absolute atomic E-state index is 0.0642. The van der Waals surface area contributed by atoms with Gasteiger partial charge in [-0.1, -0.05) is 27.7 Å². The largest absolute Gasteiger partial charge is 0.480 e. The number of hydrogen-bond donors (Lipinski definition) is 3. The Morgan fingerprint density at radius 1 is 0.838 bits per heavy atom. The zero-order valence-electron chi connectivity index (χ0n) is 24.4. The molecule has 0 fully saturated rings. The Morgan fingerprint density at radius 2 is 1.30 bits per heavy atom. The van der Waals surface area contributed by atoms with E-state index in [4.69, 9.17) is 22.4 Å². The minimum Gasteiger partial charge on any atom is -0.480 e. The highest BCUT2D eigenvalue weighted by atomic mass is 32.2. The van der Waals surface area contributed by atoms with E-state index in [0.29, 0.717) is 33.0 Å². The van der Waals surface area contributed by atoms with Crippen molar-refractivity contribution in [2.75, 3.05) is 58.3 Å². The summed E-state index contributed by atoms with van der Waals surface area (Å²) < 4.78 is 35.6. The molecule has 0 saturated heterocycles. The van der Waals surface area contributed by atoms with Crippen LogP contribution in [-0.4, -0.2) is 91.5 Å². The number of thiol groups is 1. The molecule has 2 N–H and O–H groups in total. The molecule has 37 heavy (non-hydrogen) atoms. The summed E-state index contributed by atoms with van der Waals surface area (Å²) in [6.45, 7) is 15.2. The molecule has 0 spiro atoms. The fourth-order valence-corrected chi connectivity index (χ4v) is 8.94. The Balaban J connectivity index is 4.93. The third kappa shape index (κ3) is 19.1. The molecule has 0 aromatic rings. The van der Waals surface area contributed by atoms with E-state index in [1.165, 1.54) is 11.9 Å². The second-order valence-electron chi connectivity index (χ2n) is 10.4. The summed E-state index contributed by atoms with van der Waals surface area (Å²) in [5.41, 5.74) is 0. The predicted molar refractivity (Wildman–Crippen MR) is 163 cm³/mol. The molecule has 0 aliphatic heterocycles. The third-order valence-electron chi connectivity index (χ3n) is 5.81. The predicted octanol–water partition coefficient (Wildman–Crippen LogP) is 5.29. The van der Waals surface area contributed by atoms with Crippen LogP contribution in [0.1, 0.15) is 53.4 Å². The first-order chi connectivity index (χ1) is 17.6. The molecule has 0 aromatic heterocycles. The molecule has 0 rings (SSSR count). The first-order valence-corrected chi connectivity index (χ1v) is 20.5. The van der Waals surface area contributed by atoms with Crippen LogP contribution in [0.3, 0.4) is 0 Å². The van der Waals surface area contributed by atoms with Crippen LogP contribution >= 0.6 is 24.6 Å². The SMILES string of the molecule is CCC/C(=N/SC)OCCC[Si](C)(OCC(C)CO)OCC(C)CO[Si](C)(CCCS)OCC(C)CO. The van der Waals surface area contributed by atoms with Gasteiger partial charge in [-0.05, 0) is 62.1 Å². The molecule has 12 heteroatoms. The van der Waals surface area contributed by atoms with Crippen LogP contribution in [-0.2, 0) is 22.4 Å². The van der Waals surface area contributed by atoms with Crippen molar-refractivity contribution in [3.05, 3.63) is 0 Å². The summed E-state index contributed by atoms with van der Waals surface area (Å²) >= 11 is 5.77. The third-order valence-corrected chi connectivity index (χ3v) is 12.1. The molecular formula is C25H55NO7S2Si2. The van der Waals surface area contributed by atoms with E-state index in [0.717, 1.165) is 49.4 Å². The van der Waals surface area contributed by atoms with Gasteiger partial charge in [-0.15, -0.1) is 0 Å². The lowest BCUT2D eigenvalue weighted by atomic mass is 10.2. The second-order valence-corrected chi connectivity index (χ2v) is 18.1. The number of hydrogen-bond acceptors (Lipinski definition) is 10. The maximum Gasteiger partial charge on any atom is 0.335 e. The van der Waals surface area contributed by atoms with Crippen LogP contribution in [0.4, 0.5) is 0 Å². The molecule has 0 radical (unpaired) electrons. The monoisotopic (exact) mass is 601 g/mol. The van der Waals surface area contributed by atoms with Gasteiger partial charge in [0.15, 0.2) is 5.90 Å². The van der Waals surface area contributed by atoms with E-state index < -0.39 is 17.1 Å². The lowest BCUT2D eigenvalue weighted by molar-refractivity contribution is 0.0865. The molecule has 5 atom stereocenters. The molecule has 0 aliphatic rings. The van der Waals surface area contributed by atoms with Gasteiger partial charge < -0.3 is 32.7 Å². The first-order valence-electron chi connectivity index (χ1n) is 13.7. The summed E-state index contributed by atoms with van der Waals surface area (Å²) in [6, 6.07) is 1.67. The van der Waals surface area contributed by atoms with Crippen molar-refractivity contribution in [2.45, 2.75) is 78.6 Å². The van der Waals surface area contributed by atoms with Crippen molar-refractivity contribution < 1.29 is 32.7 Å². The zero-order chi connectivity index (χ0) is 28.2. The molecule has 0 aliphatic carbocycles. The highest BCUT2D eigenvalue weighted by molar-refractivity contribution is 7.97. The zero-order valence-corrected chi connectivity index (χ0v) is 28.1. The molecule has 0 amide bonds. The van der Waals surface area contributed by atoms with Gasteiger partial charge in [0.2, 0.25) is 0 Å². The Labute approximate surface area is 238 Å². The van der Waals surface area contributed by atoms with E-state index in [1.54, 1.807) is 0 Å². The van der Waals surface area contributed by atoms with Gasteiger partial charge in [0.05, 0.1) is 6.61 Å². The number of ether oxygens (including phenoxy) is 1. The molecule has 0 heterocycles. The number of rotatable bonds is 24. The molecule has 5 unspecified atom stereocenters. The van der Waals surface area contributed by atoms with E-state index in [1.807, 2.05) is 20.1 Å². The van der Waals surface area contributed by atoms with Crippen molar-refractivity contribution >= 4 is 47.6 Å². The normalized spacial score (nSPS) is 18.2. The summed E-state index contributed by atoms with van der Waals surface area (Å²) in [6.07, 6.45) is 5.54. The van der Waals surface area contributed by atoms with Gasteiger partial charge in [0, 0.05) is 70.1 Å². The molecule has 0 saturated carbocycles. The van der Waals surface area contributed by atoms with Crippen LogP contribution in [0, 0.1) is 17.8 Å². The van der Waals surface area contributed by atoms with Crippen LogP contribution in [0.5, 0.6) is 0 Å². The fraction of sp³-hybridized carbons (Fsp3) is 0.960. The Hall–Kier alpha value is 0.364. The van der Waals surface area contributed by atoms with Gasteiger partial charge in [0.1, 0.15) is 0 Å². The van der Waals surface area contributed by atoms with Gasteiger partial charge >= 0.3 is 17.1 Å². The number of aliphatic hydroxyl groups excluding tert-OH is 2. The lowest BCUT2D eigenvalue weighted by Gasteiger charge is -2.32. The molecule has 222 valence electrons. The van der Waals surface area contributed by atoms with Crippen LogP contribution < -0.4 is 0 Å². The van der Waals surface area contributed by atoms with E-state index in [2.05, 4.69) is 44.0 Å². The van der Waals surface area contributed by atoms with Crippen molar-refractivity contribution in [3.63, 3.8) is 0 Å². The quantitative estimate of drug-likeness (QED) is 0.0343. The highest BCUT2D eigenvalue weighted by Crippen LogP contribution is 2.22. The highest BCUT2D eigenvalue weighted by Gasteiger charge is 2.34. The van der Waals surface area contributed by atoms with Crippen LogP contribution in [0.15, 0.2) is 4.40 Å². The maximum absolute atomic E-state index is 9.44. The average molecular weight is 602 g/mol. The van der Waals surface area contributed by atoms with Gasteiger partial charge in [0.25, 0.3) is 0 Å². The standard InChI is InChI=1S/C25H55NO7S2Si2/c1-8-11-25(26-35-5)29-12-9-14-36(6,30-18-22(2)16-27)32-20-24(4)21-33-37(7,15-10-13-34)31-19-23(3)17-28/h22-24,27-28,34H,8-21H2,1-7H3/b26-25-. The van der Waals surface area contributed by atoms with Gasteiger partial charge in [-0.25, -0.2) is 0 Å². The topological polar surface area (TPSA) is 99.0 Å². The van der Waals surface area contributed by atoms with Crippen molar-refractivity contribution in [1.82, 2.24) is 0 Å². The molecule has 0 bridgehead atoms. The molecule has 8 nitrogen and oxygen atoms in total. The summed E-state index contributed by atoms with van der Waals surface area (Å²) in [7, 11) is -4.85. The van der Waals surface area contributed by atoms with E-state index in [-0.39, 0.29) is 31.0 Å². The van der Waals surface area contributed by atoms with E-state index >= 15 is 0 Å². The summed E-state index contributed by atoms with van der Waals surface area (Å²) in [5.74, 6) is 1.92. The smallest absolute Gasteiger partial charge is 0.335 e. The molecule has 0 aromatic carbocycles. The lowest BCUT2D eigenvalue weighted by Crippen LogP contribution is -2.44. The fourth-order valence-electron chi connectivity index (χ4n) is 3.24. The summed E-state index contributed by atoms with van der Waals surface area (Å²) in [4.78, 5) is 0. The first kappa shape index (κ1) is 37.4. The Kier molecular flexibility index (Phi) is 22.3. The Morgan fingerprint density at radius 3 is 1.70 bits per heavy atom. The summed E-state index contributed by atoms with van der Waals surface area (Å²) in [5, 5.41) is 18.8. The molecular weight excluding hydrogens is 547 g/mol. The van der Waals surface area contributed by atoms with Crippen molar-refractivity contribution in [3.8, 4) is 0 Å². The second kappa shape index (κ2) is 22.1. The van der Waals surface area contributed by atoms with E-state index in [9.17, 15) is 10.2 Å². The van der Waals surface area contributed by atoms with Crippen LogP contribution in [0.25, 0.3) is 0 Å². The van der Waals surface area contributed by atoms with Crippen molar-refractivity contribution in [2.24, 2.45) is 22.2 Å².